The van der Waals surface area contributed by atoms with E-state index in [9.17, 15) is 9.59 Å². The molecular weight excluding hydrogens is 723 g/mol. The van der Waals surface area contributed by atoms with Gasteiger partial charge < -0.3 is 43.0 Å². The average molecular weight is 776 g/mol. The Bertz CT molecular complexity index is 2110. The molecule has 2 aliphatic heterocycles. The van der Waals surface area contributed by atoms with Crippen molar-refractivity contribution in [2.75, 3.05) is 59.0 Å². The number of hydrogen-bond acceptors (Lipinski definition) is 9. The van der Waals surface area contributed by atoms with Gasteiger partial charge in [-0.15, -0.1) is 0 Å². The molecule has 4 aromatic carbocycles. The number of carbonyl (C=O) groups is 2. The predicted octanol–water partition coefficient (Wildman–Crippen LogP) is 6.95. The van der Waals surface area contributed by atoms with Crippen LogP contribution in [0.25, 0.3) is 11.0 Å². The Hall–Kier alpha value is -5.59. The summed E-state index contributed by atoms with van der Waals surface area (Å²) in [5.74, 6) is 2.18. The van der Waals surface area contributed by atoms with Crippen molar-refractivity contribution in [3.63, 3.8) is 0 Å². The maximum atomic E-state index is 14.1. The number of carbonyl (C=O) groups excluding carboxylic acids is 2. The van der Waals surface area contributed by atoms with Gasteiger partial charge in [0.05, 0.1) is 56.2 Å². The van der Waals surface area contributed by atoms with Gasteiger partial charge in [-0.25, -0.2) is 9.78 Å². The van der Waals surface area contributed by atoms with Crippen LogP contribution >= 0.6 is 0 Å². The third kappa shape index (κ3) is 9.52. The van der Waals surface area contributed by atoms with Gasteiger partial charge in [-0.3, -0.25) is 4.79 Å². The fraction of sp³-hybridized carbons (Fsp3) is 0.400. The summed E-state index contributed by atoms with van der Waals surface area (Å²) in [4.78, 5) is 38.7. The lowest BCUT2D eigenvalue weighted by Crippen LogP contribution is -2.53. The maximum Gasteiger partial charge on any atom is 0.410 e. The number of para-hydroxylation sites is 2. The first-order chi connectivity index (χ1) is 27.8. The number of piperidine rings is 1. The van der Waals surface area contributed by atoms with E-state index in [0.717, 1.165) is 70.2 Å². The molecular formula is C45H53N5O7. The number of ether oxygens (including phenoxy) is 5. The lowest BCUT2D eigenvalue weighted by molar-refractivity contribution is -0.132. The molecule has 0 spiro atoms. The van der Waals surface area contributed by atoms with Crippen LogP contribution in [0.3, 0.4) is 0 Å². The zero-order valence-corrected chi connectivity index (χ0v) is 33.3. The number of likely N-dealkylation sites (tertiary alicyclic amines) is 1. The molecule has 3 heterocycles. The standard InChI is InChI=1S/C45H53N5O7/c1-47(29-43-46-38-13-8-9-14-39(38)48(43)2)44(51)27-35-26-37(34-16-18-36(54-4)19-17-34)42(28-50(35)45(52)57-30-32-11-6-5-7-12-32)56-31-33-15-20-41-40(25-33)49(22-24-55-41)21-10-23-53-3/h5-9,11-20,25,35,37,42H,10,21-24,26-31H2,1-4H3/t35-,37+,42-/m0/s1. The second-order valence-corrected chi connectivity index (χ2v) is 14.8. The van der Waals surface area contributed by atoms with Crippen molar-refractivity contribution in [2.45, 2.75) is 57.1 Å². The van der Waals surface area contributed by atoms with Crippen molar-refractivity contribution >= 4 is 28.7 Å². The summed E-state index contributed by atoms with van der Waals surface area (Å²) in [5, 5.41) is 0. The number of anilines is 1. The van der Waals surface area contributed by atoms with E-state index in [4.69, 9.17) is 28.7 Å². The number of imidazole rings is 1. The lowest BCUT2D eigenvalue weighted by atomic mass is 9.82. The van der Waals surface area contributed by atoms with Gasteiger partial charge in [0, 0.05) is 52.7 Å². The molecule has 2 amide bonds. The normalized spacial score (nSPS) is 17.9. The summed E-state index contributed by atoms with van der Waals surface area (Å²) in [7, 11) is 7.12. The zero-order chi connectivity index (χ0) is 39.7. The number of nitrogens with zero attached hydrogens (tertiary/aromatic N) is 5. The van der Waals surface area contributed by atoms with Crippen LogP contribution in [0.4, 0.5) is 10.5 Å². The van der Waals surface area contributed by atoms with E-state index >= 15 is 0 Å². The van der Waals surface area contributed by atoms with Gasteiger partial charge in [0.2, 0.25) is 5.91 Å². The van der Waals surface area contributed by atoms with E-state index in [1.165, 1.54) is 0 Å². The third-order valence-electron chi connectivity index (χ3n) is 11.1. The molecule has 5 aromatic rings. The Morgan fingerprint density at radius 3 is 2.49 bits per heavy atom. The topological polar surface area (TPSA) is 108 Å². The number of fused-ring (bicyclic) bond motifs is 2. The largest absolute Gasteiger partial charge is 0.497 e. The van der Waals surface area contributed by atoms with Crippen LogP contribution in [0.2, 0.25) is 0 Å². The zero-order valence-electron chi connectivity index (χ0n) is 33.3. The first-order valence-electron chi connectivity index (χ1n) is 19.7. The van der Waals surface area contributed by atoms with Crippen molar-refractivity contribution in [1.82, 2.24) is 19.4 Å². The van der Waals surface area contributed by atoms with Crippen molar-refractivity contribution in [3.05, 3.63) is 120 Å². The Balaban J connectivity index is 1.13. The first-order valence-corrected chi connectivity index (χ1v) is 19.7. The van der Waals surface area contributed by atoms with Crippen LogP contribution in [0.5, 0.6) is 11.5 Å². The molecule has 0 radical (unpaired) electrons. The fourth-order valence-corrected chi connectivity index (χ4v) is 7.87. The molecule has 0 unspecified atom stereocenters. The molecule has 12 nitrogen and oxygen atoms in total. The molecule has 1 saturated heterocycles. The SMILES string of the molecule is COCCCN1CCOc2ccc(CO[C@H]3CN(C(=O)OCc4ccccc4)[C@H](CC(=O)N(C)Cc4nc5ccccc5n4C)C[C@@H]3c3ccc(OC)cc3)cc21. The first kappa shape index (κ1) is 39.6. The van der Waals surface area contributed by atoms with Crippen LogP contribution < -0.4 is 14.4 Å². The van der Waals surface area contributed by atoms with Crippen molar-refractivity contribution < 1.29 is 33.3 Å². The highest BCUT2D eigenvalue weighted by molar-refractivity contribution is 5.79. The number of aryl methyl sites for hydroxylation is 1. The monoisotopic (exact) mass is 775 g/mol. The van der Waals surface area contributed by atoms with Gasteiger partial charge in [0.15, 0.2) is 0 Å². The number of aromatic nitrogens is 2. The number of amides is 2. The highest BCUT2D eigenvalue weighted by atomic mass is 16.6. The second-order valence-electron chi connectivity index (χ2n) is 14.8. The Morgan fingerprint density at radius 1 is 0.930 bits per heavy atom. The Labute approximate surface area is 334 Å². The summed E-state index contributed by atoms with van der Waals surface area (Å²) in [6.07, 6.45) is 0.655. The van der Waals surface area contributed by atoms with E-state index in [2.05, 4.69) is 11.0 Å². The summed E-state index contributed by atoms with van der Waals surface area (Å²) in [5.41, 5.74) is 5.86. The molecule has 0 N–H and O–H groups in total. The average Bonchev–Trinajstić information content (AvgIpc) is 3.56. The van der Waals surface area contributed by atoms with Gasteiger partial charge >= 0.3 is 6.09 Å². The molecule has 57 heavy (non-hydrogen) atoms. The minimum absolute atomic E-state index is 0.0907. The van der Waals surface area contributed by atoms with Crippen LogP contribution in [0.15, 0.2) is 97.1 Å². The molecule has 0 aliphatic carbocycles. The van der Waals surface area contributed by atoms with Gasteiger partial charge in [-0.2, -0.15) is 0 Å². The fourth-order valence-electron chi connectivity index (χ4n) is 7.87. The van der Waals surface area contributed by atoms with E-state index in [1.807, 2.05) is 103 Å². The predicted molar refractivity (Wildman–Crippen MR) is 218 cm³/mol. The molecule has 7 rings (SSSR count). The second kappa shape index (κ2) is 18.6. The number of rotatable bonds is 15. The van der Waals surface area contributed by atoms with Crippen LogP contribution in [0.1, 0.15) is 47.7 Å². The minimum atomic E-state index is -0.478. The van der Waals surface area contributed by atoms with Gasteiger partial charge in [-0.05, 0) is 65.9 Å². The van der Waals surface area contributed by atoms with E-state index in [-0.39, 0.29) is 31.4 Å². The van der Waals surface area contributed by atoms with Crippen molar-refractivity contribution in [1.29, 1.82) is 0 Å². The van der Waals surface area contributed by atoms with Crippen LogP contribution in [0, 0.1) is 0 Å². The minimum Gasteiger partial charge on any atom is -0.497 e. The molecule has 2 aliphatic rings. The van der Waals surface area contributed by atoms with Crippen molar-refractivity contribution in [2.24, 2.45) is 7.05 Å². The van der Waals surface area contributed by atoms with E-state index in [1.54, 1.807) is 31.1 Å². The molecule has 0 saturated carbocycles. The third-order valence-corrected chi connectivity index (χ3v) is 11.1. The lowest BCUT2D eigenvalue weighted by Gasteiger charge is -2.43. The smallest absolute Gasteiger partial charge is 0.410 e. The summed E-state index contributed by atoms with van der Waals surface area (Å²) >= 11 is 0. The molecule has 300 valence electrons. The van der Waals surface area contributed by atoms with Gasteiger partial charge in [0.25, 0.3) is 0 Å². The Kier molecular flexibility index (Phi) is 12.9. The van der Waals surface area contributed by atoms with Crippen LogP contribution in [-0.4, -0.2) is 97.6 Å². The number of benzene rings is 4. The molecule has 0 bridgehead atoms. The van der Waals surface area contributed by atoms with Gasteiger partial charge in [-0.1, -0.05) is 60.7 Å². The molecule has 3 atom stereocenters. The summed E-state index contributed by atoms with van der Waals surface area (Å²) in [6.45, 7) is 4.02. The number of hydrogen-bond donors (Lipinski definition) is 0. The van der Waals surface area contributed by atoms with E-state index in [0.29, 0.717) is 32.8 Å². The maximum absolute atomic E-state index is 14.1. The summed E-state index contributed by atoms with van der Waals surface area (Å²) < 4.78 is 31.5. The molecule has 1 aromatic heterocycles. The Morgan fingerprint density at radius 2 is 1.72 bits per heavy atom. The number of methoxy groups -OCH3 is 2. The highest BCUT2D eigenvalue weighted by Gasteiger charge is 2.41. The molecule has 1 fully saturated rings. The van der Waals surface area contributed by atoms with E-state index < -0.39 is 18.2 Å². The van der Waals surface area contributed by atoms with Crippen LogP contribution in [-0.2, 0) is 45.8 Å². The molecule has 12 heteroatoms. The summed E-state index contributed by atoms with van der Waals surface area (Å²) in [6, 6.07) is 31.3. The van der Waals surface area contributed by atoms with Gasteiger partial charge in [0.1, 0.15) is 30.5 Å². The highest BCUT2D eigenvalue weighted by Crippen LogP contribution is 2.38. The van der Waals surface area contributed by atoms with Crippen molar-refractivity contribution in [3.8, 4) is 11.5 Å². The quantitative estimate of drug-likeness (QED) is 0.105.